The Bertz CT molecular complexity index is 349. The third kappa shape index (κ3) is 2.49. The number of aliphatic hydroxyl groups is 1. The number of likely N-dealkylation sites (tertiary alicyclic amines) is 1. The fraction of sp³-hybridized carbons (Fsp3) is 0.500. The first-order chi connectivity index (χ1) is 7.07. The van der Waals surface area contributed by atoms with Crippen molar-refractivity contribution in [3.05, 3.63) is 29.8 Å². The predicted molar refractivity (Wildman–Crippen MR) is 61.4 cm³/mol. The molecule has 1 saturated heterocycles. The van der Waals surface area contributed by atoms with Gasteiger partial charge in [0, 0.05) is 25.3 Å². The number of β-amino-alcohol motifs (C(OH)–C–C–N with tert-alkyl or cyclic N) is 1. The molecule has 1 aromatic carbocycles. The van der Waals surface area contributed by atoms with Crippen LogP contribution >= 0.6 is 0 Å². The lowest BCUT2D eigenvalue weighted by atomic mass is 10.1. The van der Waals surface area contributed by atoms with Crippen molar-refractivity contribution in [3.8, 4) is 0 Å². The molecule has 0 bridgehead atoms. The normalized spacial score (nSPS) is 27.1. The molecule has 3 N–H and O–H groups in total. The van der Waals surface area contributed by atoms with E-state index in [-0.39, 0.29) is 0 Å². The van der Waals surface area contributed by atoms with Gasteiger partial charge in [0.15, 0.2) is 0 Å². The van der Waals surface area contributed by atoms with Gasteiger partial charge in [0.25, 0.3) is 0 Å². The van der Waals surface area contributed by atoms with Gasteiger partial charge in [-0.25, -0.2) is 0 Å². The van der Waals surface area contributed by atoms with Gasteiger partial charge in [0.2, 0.25) is 0 Å². The van der Waals surface area contributed by atoms with Gasteiger partial charge in [0.1, 0.15) is 0 Å². The Labute approximate surface area is 90.5 Å². The molecule has 3 nitrogen and oxygen atoms in total. The lowest BCUT2D eigenvalue weighted by Crippen LogP contribution is -2.29. The summed E-state index contributed by atoms with van der Waals surface area (Å²) in [6.45, 7) is 4.41. The molecule has 0 spiro atoms. The van der Waals surface area contributed by atoms with Gasteiger partial charge >= 0.3 is 0 Å². The van der Waals surface area contributed by atoms with Gasteiger partial charge in [-0.3, -0.25) is 4.90 Å². The summed E-state index contributed by atoms with van der Waals surface area (Å²) in [5.74, 6) is 0. The minimum atomic E-state index is -0.524. The molecule has 1 atom stereocenters. The van der Waals surface area contributed by atoms with Crippen molar-refractivity contribution in [1.82, 2.24) is 4.90 Å². The molecule has 3 heteroatoms. The molecule has 82 valence electrons. The van der Waals surface area contributed by atoms with Crippen molar-refractivity contribution in [2.75, 3.05) is 18.8 Å². The van der Waals surface area contributed by atoms with Crippen LogP contribution in [0.15, 0.2) is 24.3 Å². The second-order valence-corrected chi connectivity index (χ2v) is 4.66. The SMILES string of the molecule is CC1(O)CCN(Cc2ccccc2N)C1. The summed E-state index contributed by atoms with van der Waals surface area (Å²) in [5.41, 5.74) is 7.34. The van der Waals surface area contributed by atoms with Gasteiger partial charge in [-0.05, 0) is 25.0 Å². The third-order valence-electron chi connectivity index (χ3n) is 2.98. The fourth-order valence-corrected chi connectivity index (χ4v) is 2.09. The van der Waals surface area contributed by atoms with Crippen molar-refractivity contribution >= 4 is 5.69 Å². The maximum absolute atomic E-state index is 9.84. The molecule has 0 amide bonds. The quantitative estimate of drug-likeness (QED) is 0.715. The number of para-hydroxylation sites is 1. The number of nitrogens with two attached hydrogens (primary N) is 1. The van der Waals surface area contributed by atoms with Gasteiger partial charge in [-0.15, -0.1) is 0 Å². The van der Waals surface area contributed by atoms with Crippen LogP contribution in [0.4, 0.5) is 5.69 Å². The summed E-state index contributed by atoms with van der Waals surface area (Å²) in [4.78, 5) is 2.24. The highest BCUT2D eigenvalue weighted by molar-refractivity contribution is 5.46. The summed E-state index contributed by atoms with van der Waals surface area (Å²) < 4.78 is 0. The summed E-state index contributed by atoms with van der Waals surface area (Å²) in [5, 5.41) is 9.84. The van der Waals surface area contributed by atoms with Crippen molar-refractivity contribution in [2.24, 2.45) is 0 Å². The van der Waals surface area contributed by atoms with Gasteiger partial charge in [0.05, 0.1) is 5.60 Å². The van der Waals surface area contributed by atoms with E-state index in [0.29, 0.717) is 0 Å². The van der Waals surface area contributed by atoms with Crippen LogP contribution in [0.1, 0.15) is 18.9 Å². The Morgan fingerprint density at radius 3 is 2.80 bits per heavy atom. The largest absolute Gasteiger partial charge is 0.398 e. The van der Waals surface area contributed by atoms with E-state index in [2.05, 4.69) is 4.90 Å². The fourth-order valence-electron chi connectivity index (χ4n) is 2.09. The van der Waals surface area contributed by atoms with Crippen LogP contribution in [0, 0.1) is 0 Å². The molecule has 2 rings (SSSR count). The van der Waals surface area contributed by atoms with E-state index in [1.54, 1.807) is 0 Å². The van der Waals surface area contributed by atoms with Gasteiger partial charge < -0.3 is 10.8 Å². The lowest BCUT2D eigenvalue weighted by molar-refractivity contribution is 0.0679. The zero-order chi connectivity index (χ0) is 10.9. The Balaban J connectivity index is 2.02. The van der Waals surface area contributed by atoms with Crippen LogP contribution in [0.2, 0.25) is 0 Å². The molecule has 0 radical (unpaired) electrons. The highest BCUT2D eigenvalue weighted by Gasteiger charge is 2.31. The maximum atomic E-state index is 9.84. The molecule has 1 aliphatic heterocycles. The summed E-state index contributed by atoms with van der Waals surface area (Å²) in [6.07, 6.45) is 0.847. The molecular weight excluding hydrogens is 188 g/mol. The molecule has 1 heterocycles. The highest BCUT2D eigenvalue weighted by atomic mass is 16.3. The molecule has 1 aliphatic rings. The second-order valence-electron chi connectivity index (χ2n) is 4.66. The standard InChI is InChI=1S/C12H18N2O/c1-12(15)6-7-14(9-12)8-10-4-2-3-5-11(10)13/h2-5,15H,6-9,13H2,1H3. The molecule has 15 heavy (non-hydrogen) atoms. The number of benzene rings is 1. The average molecular weight is 206 g/mol. The minimum absolute atomic E-state index is 0.524. The van der Waals surface area contributed by atoms with Crippen LogP contribution in [0.25, 0.3) is 0 Å². The van der Waals surface area contributed by atoms with E-state index in [1.165, 1.54) is 0 Å². The molecular formula is C12H18N2O. The van der Waals surface area contributed by atoms with E-state index in [9.17, 15) is 5.11 Å². The lowest BCUT2D eigenvalue weighted by Gasteiger charge is -2.19. The number of nitrogen functional groups attached to an aromatic ring is 1. The van der Waals surface area contributed by atoms with Crippen LogP contribution in [0.3, 0.4) is 0 Å². The van der Waals surface area contributed by atoms with E-state index < -0.39 is 5.60 Å². The number of rotatable bonds is 2. The van der Waals surface area contributed by atoms with E-state index in [1.807, 2.05) is 31.2 Å². The van der Waals surface area contributed by atoms with Crippen molar-refractivity contribution in [1.29, 1.82) is 0 Å². The Morgan fingerprint density at radius 1 is 1.47 bits per heavy atom. The van der Waals surface area contributed by atoms with E-state index in [0.717, 1.165) is 37.3 Å². The zero-order valence-corrected chi connectivity index (χ0v) is 9.11. The maximum Gasteiger partial charge on any atom is 0.0758 e. The summed E-state index contributed by atoms with van der Waals surface area (Å²) in [7, 11) is 0. The summed E-state index contributed by atoms with van der Waals surface area (Å²) in [6, 6.07) is 7.91. The zero-order valence-electron chi connectivity index (χ0n) is 9.11. The molecule has 0 aliphatic carbocycles. The Kier molecular flexibility index (Phi) is 2.67. The van der Waals surface area contributed by atoms with Crippen molar-refractivity contribution in [2.45, 2.75) is 25.5 Å². The number of nitrogens with zero attached hydrogens (tertiary/aromatic N) is 1. The third-order valence-corrected chi connectivity index (χ3v) is 2.98. The van der Waals surface area contributed by atoms with Crippen molar-refractivity contribution < 1.29 is 5.11 Å². The topological polar surface area (TPSA) is 49.5 Å². The van der Waals surface area contributed by atoms with Crippen LogP contribution in [0.5, 0.6) is 0 Å². The second kappa shape index (κ2) is 3.83. The molecule has 0 aromatic heterocycles. The van der Waals surface area contributed by atoms with Crippen LogP contribution in [-0.4, -0.2) is 28.7 Å². The highest BCUT2D eigenvalue weighted by Crippen LogP contribution is 2.23. The predicted octanol–water partition coefficient (Wildman–Crippen LogP) is 1.23. The molecule has 1 unspecified atom stereocenters. The Hall–Kier alpha value is -1.06. The van der Waals surface area contributed by atoms with Crippen molar-refractivity contribution in [3.63, 3.8) is 0 Å². The first kappa shape index (κ1) is 10.5. The average Bonchev–Trinajstić information content (AvgIpc) is 2.50. The minimum Gasteiger partial charge on any atom is -0.398 e. The summed E-state index contributed by atoms with van der Waals surface area (Å²) >= 11 is 0. The Morgan fingerprint density at radius 2 is 2.20 bits per heavy atom. The first-order valence-corrected chi connectivity index (χ1v) is 5.35. The monoisotopic (exact) mass is 206 g/mol. The van der Waals surface area contributed by atoms with Crippen LogP contribution < -0.4 is 5.73 Å². The van der Waals surface area contributed by atoms with Crippen LogP contribution in [-0.2, 0) is 6.54 Å². The van der Waals surface area contributed by atoms with E-state index in [4.69, 9.17) is 5.73 Å². The smallest absolute Gasteiger partial charge is 0.0758 e. The first-order valence-electron chi connectivity index (χ1n) is 5.35. The van der Waals surface area contributed by atoms with E-state index >= 15 is 0 Å². The molecule has 1 aromatic rings. The number of hydrogen-bond acceptors (Lipinski definition) is 3. The van der Waals surface area contributed by atoms with Gasteiger partial charge in [-0.2, -0.15) is 0 Å². The molecule has 1 fully saturated rings. The molecule has 0 saturated carbocycles. The van der Waals surface area contributed by atoms with Gasteiger partial charge in [-0.1, -0.05) is 18.2 Å². The number of anilines is 1. The number of hydrogen-bond donors (Lipinski definition) is 2.